The number of carbonyl (C=O) groups is 1. The zero-order valence-electron chi connectivity index (χ0n) is 20.0. The number of likely N-dealkylation sites (tertiary alicyclic amines) is 1. The zero-order valence-corrected chi connectivity index (χ0v) is 20.0. The molecule has 1 aliphatic rings. The Hall–Kier alpha value is -4.52. The van der Waals surface area contributed by atoms with E-state index in [1.54, 1.807) is 47.1 Å². The Bertz CT molecular complexity index is 1450. The molecule has 1 atom stereocenters. The van der Waals surface area contributed by atoms with Gasteiger partial charge in [-0.2, -0.15) is 14.9 Å². The minimum atomic E-state index is -0.139. The summed E-state index contributed by atoms with van der Waals surface area (Å²) in [6, 6.07) is 17.8. The molecule has 1 saturated heterocycles. The van der Waals surface area contributed by atoms with Gasteiger partial charge in [0.1, 0.15) is 19.4 Å². The van der Waals surface area contributed by atoms with Crippen LogP contribution in [0.15, 0.2) is 60.8 Å². The first kappa shape index (κ1) is 23.2. The maximum atomic E-state index is 12.8. The van der Waals surface area contributed by atoms with Crippen LogP contribution in [0.5, 0.6) is 5.75 Å². The Labute approximate surface area is 209 Å². The fourth-order valence-electron chi connectivity index (χ4n) is 4.52. The fourth-order valence-corrected chi connectivity index (χ4v) is 4.52. The number of phenolic OH excluding ortho intramolecular Hbond substituents is 1. The lowest BCUT2D eigenvalue weighted by Gasteiger charge is -2.33. The van der Waals surface area contributed by atoms with Crippen LogP contribution in [0, 0.1) is 17.2 Å². The van der Waals surface area contributed by atoms with Crippen LogP contribution in [0.25, 0.3) is 16.9 Å². The van der Waals surface area contributed by atoms with Crippen LogP contribution in [-0.4, -0.2) is 58.1 Å². The first-order valence-electron chi connectivity index (χ1n) is 12.0. The third-order valence-corrected chi connectivity index (χ3v) is 6.47. The van der Waals surface area contributed by atoms with Gasteiger partial charge >= 0.3 is 6.03 Å². The number of nitrogens with zero attached hydrogens (tertiary/aromatic N) is 5. The Morgan fingerprint density at radius 2 is 2.03 bits per heavy atom. The number of phenols is 1. The minimum absolute atomic E-state index is 0.139. The van der Waals surface area contributed by atoms with Gasteiger partial charge in [0.05, 0.1) is 17.3 Å². The molecule has 3 heterocycles. The molecule has 1 fully saturated rings. The number of carbonyl (C=O) groups excluding carboxylic acids is 1. The SMILES string of the molecule is Bc1cnn2c(NCC3CCCN(C(=O)Nc4ccc(C#N)cc4)C3)cc(-c3ccccc3O)nc12. The lowest BCUT2D eigenvalue weighted by molar-refractivity contribution is 0.180. The summed E-state index contributed by atoms with van der Waals surface area (Å²) in [5, 5.41) is 30.2. The second-order valence-corrected chi connectivity index (χ2v) is 9.06. The number of piperidine rings is 1. The highest BCUT2D eigenvalue weighted by Gasteiger charge is 2.24. The molecule has 10 heteroatoms. The van der Waals surface area contributed by atoms with Crippen LogP contribution in [0.1, 0.15) is 18.4 Å². The van der Waals surface area contributed by atoms with E-state index in [1.807, 2.05) is 30.9 Å². The lowest BCUT2D eigenvalue weighted by atomic mass is 9.98. The van der Waals surface area contributed by atoms with E-state index in [0.29, 0.717) is 42.1 Å². The van der Waals surface area contributed by atoms with Crippen LogP contribution in [0.2, 0.25) is 0 Å². The average molecular weight is 479 g/mol. The Morgan fingerprint density at radius 1 is 1.22 bits per heavy atom. The van der Waals surface area contributed by atoms with Crippen molar-refractivity contribution >= 4 is 36.5 Å². The first-order valence-corrected chi connectivity index (χ1v) is 12.0. The summed E-state index contributed by atoms with van der Waals surface area (Å²) in [4.78, 5) is 19.4. The van der Waals surface area contributed by atoms with Crippen LogP contribution in [-0.2, 0) is 0 Å². The molecule has 4 aromatic rings. The van der Waals surface area contributed by atoms with Gasteiger partial charge in [-0.25, -0.2) is 9.78 Å². The van der Waals surface area contributed by atoms with Crippen molar-refractivity contribution in [2.24, 2.45) is 5.92 Å². The summed E-state index contributed by atoms with van der Waals surface area (Å²) in [5.41, 5.74) is 4.22. The molecule has 36 heavy (non-hydrogen) atoms. The van der Waals surface area contributed by atoms with E-state index in [1.165, 1.54) is 0 Å². The van der Waals surface area contributed by atoms with Crippen molar-refractivity contribution in [2.75, 3.05) is 30.3 Å². The van der Waals surface area contributed by atoms with E-state index in [9.17, 15) is 9.90 Å². The molecule has 5 rings (SSSR count). The summed E-state index contributed by atoms with van der Waals surface area (Å²) in [5.74, 6) is 1.22. The van der Waals surface area contributed by atoms with Gasteiger partial charge in [0.2, 0.25) is 0 Å². The van der Waals surface area contributed by atoms with Gasteiger partial charge in [-0.15, -0.1) is 0 Å². The number of fused-ring (bicyclic) bond motifs is 1. The molecule has 9 nitrogen and oxygen atoms in total. The molecule has 2 aromatic carbocycles. The van der Waals surface area contributed by atoms with Crippen molar-refractivity contribution in [3.05, 3.63) is 66.4 Å². The zero-order chi connectivity index (χ0) is 25.1. The van der Waals surface area contributed by atoms with Gasteiger partial charge in [0.25, 0.3) is 0 Å². The number of anilines is 2. The topological polar surface area (TPSA) is 119 Å². The van der Waals surface area contributed by atoms with Crippen LogP contribution in [0.4, 0.5) is 16.3 Å². The molecular weight excluding hydrogens is 453 g/mol. The third-order valence-electron chi connectivity index (χ3n) is 6.47. The van der Waals surface area contributed by atoms with Crippen molar-refractivity contribution in [1.82, 2.24) is 19.5 Å². The Morgan fingerprint density at radius 3 is 2.81 bits per heavy atom. The largest absolute Gasteiger partial charge is 0.507 e. The molecule has 0 spiro atoms. The van der Waals surface area contributed by atoms with Gasteiger partial charge in [0.15, 0.2) is 5.65 Å². The lowest BCUT2D eigenvalue weighted by Crippen LogP contribution is -2.44. The van der Waals surface area contributed by atoms with Crippen LogP contribution < -0.4 is 16.1 Å². The Kier molecular flexibility index (Phi) is 6.45. The van der Waals surface area contributed by atoms with Crippen LogP contribution in [0.3, 0.4) is 0 Å². The average Bonchev–Trinajstić information content (AvgIpc) is 3.28. The number of nitriles is 1. The van der Waals surface area contributed by atoms with E-state index in [0.717, 1.165) is 29.8 Å². The van der Waals surface area contributed by atoms with E-state index >= 15 is 0 Å². The summed E-state index contributed by atoms with van der Waals surface area (Å²) < 4.78 is 1.77. The predicted molar refractivity (Wildman–Crippen MR) is 141 cm³/mol. The highest BCUT2D eigenvalue weighted by atomic mass is 16.3. The number of hydrogen-bond acceptors (Lipinski definition) is 6. The molecule has 1 unspecified atom stereocenters. The molecule has 2 amide bonds. The highest BCUT2D eigenvalue weighted by molar-refractivity contribution is 6.36. The monoisotopic (exact) mass is 479 g/mol. The molecule has 3 N–H and O–H groups in total. The molecule has 2 aromatic heterocycles. The van der Waals surface area contributed by atoms with Crippen molar-refractivity contribution < 1.29 is 9.90 Å². The number of nitrogens with one attached hydrogen (secondary N) is 2. The van der Waals surface area contributed by atoms with Crippen molar-refractivity contribution in [2.45, 2.75) is 12.8 Å². The molecule has 0 radical (unpaired) electrons. The molecule has 180 valence electrons. The molecule has 1 aliphatic heterocycles. The van der Waals surface area contributed by atoms with Crippen molar-refractivity contribution in [1.29, 1.82) is 5.26 Å². The fraction of sp³-hybridized carbons (Fsp3) is 0.231. The number of rotatable bonds is 5. The minimum Gasteiger partial charge on any atom is -0.507 e. The van der Waals surface area contributed by atoms with Crippen molar-refractivity contribution in [3.63, 3.8) is 0 Å². The number of para-hydroxylation sites is 1. The molecule has 0 saturated carbocycles. The van der Waals surface area contributed by atoms with E-state index in [4.69, 9.17) is 10.2 Å². The number of urea groups is 1. The molecule has 0 bridgehead atoms. The second kappa shape index (κ2) is 10.00. The summed E-state index contributed by atoms with van der Waals surface area (Å²) >= 11 is 0. The summed E-state index contributed by atoms with van der Waals surface area (Å²) in [6.07, 6.45) is 3.70. The number of aromatic nitrogens is 3. The van der Waals surface area contributed by atoms with E-state index in [-0.39, 0.29) is 17.7 Å². The van der Waals surface area contributed by atoms with Gasteiger partial charge in [0, 0.05) is 43.1 Å². The number of hydrogen-bond donors (Lipinski definition) is 3. The second-order valence-electron chi connectivity index (χ2n) is 9.06. The smallest absolute Gasteiger partial charge is 0.321 e. The van der Waals surface area contributed by atoms with Crippen molar-refractivity contribution in [3.8, 4) is 23.1 Å². The third kappa shape index (κ3) is 4.82. The van der Waals surface area contributed by atoms with Gasteiger partial charge in [-0.3, -0.25) is 0 Å². The van der Waals surface area contributed by atoms with E-state index < -0.39 is 0 Å². The highest BCUT2D eigenvalue weighted by Crippen LogP contribution is 2.29. The maximum absolute atomic E-state index is 12.8. The molecule has 0 aliphatic carbocycles. The van der Waals surface area contributed by atoms with E-state index in [2.05, 4.69) is 21.8 Å². The van der Waals surface area contributed by atoms with Crippen LogP contribution >= 0.6 is 0 Å². The first-order chi connectivity index (χ1) is 17.5. The summed E-state index contributed by atoms with van der Waals surface area (Å²) in [6.45, 7) is 2.00. The van der Waals surface area contributed by atoms with Gasteiger partial charge in [-0.05, 0) is 60.6 Å². The number of benzene rings is 2. The molecular formula is C26H26BN7O2. The van der Waals surface area contributed by atoms with Gasteiger partial charge in [-0.1, -0.05) is 12.1 Å². The predicted octanol–water partition coefficient (Wildman–Crippen LogP) is 2.59. The number of amides is 2. The standard InChI is InChI=1S/C26H26BN7O2/c27-21-15-30-34-24(12-22(32-25(21)34)20-5-1-2-6-23(20)35)29-14-18-4-3-11-33(16-18)26(36)31-19-9-7-17(13-28)8-10-19/h1-2,5-10,12,15,18,29,35H,3-4,11,14,16,27H2,(H,31,36). The Balaban J connectivity index is 1.29. The van der Waals surface area contributed by atoms with Gasteiger partial charge < -0.3 is 20.6 Å². The normalized spacial score (nSPS) is 15.4. The summed E-state index contributed by atoms with van der Waals surface area (Å²) in [7, 11) is 1.96. The maximum Gasteiger partial charge on any atom is 0.321 e. The quantitative estimate of drug-likeness (QED) is 0.379. The number of aromatic hydroxyl groups is 1.